The van der Waals surface area contributed by atoms with Crippen LogP contribution in [0.25, 0.3) is 0 Å². The number of nitrogens with one attached hydrogen (secondary N) is 1. The number of amides is 1. The Labute approximate surface area is 114 Å². The van der Waals surface area contributed by atoms with E-state index in [9.17, 15) is 4.79 Å². The molecule has 0 bridgehead atoms. The molecule has 0 saturated carbocycles. The summed E-state index contributed by atoms with van der Waals surface area (Å²) in [5, 5.41) is 2.76. The summed E-state index contributed by atoms with van der Waals surface area (Å²) in [4.78, 5) is 12.0. The van der Waals surface area contributed by atoms with Crippen LogP contribution in [0.2, 0.25) is 0 Å². The lowest BCUT2D eigenvalue weighted by atomic mass is 10.2. The Morgan fingerprint density at radius 2 is 2.28 bits per heavy atom. The summed E-state index contributed by atoms with van der Waals surface area (Å²) in [5.41, 5.74) is 8.00. The molecule has 1 amide bonds. The predicted molar refractivity (Wildman–Crippen MR) is 72.5 cm³/mol. The van der Waals surface area contributed by atoms with Gasteiger partial charge in [-0.25, -0.2) is 0 Å². The average molecular weight is 315 g/mol. The lowest BCUT2D eigenvalue weighted by Gasteiger charge is -2.22. The predicted octanol–water partition coefficient (Wildman–Crippen LogP) is 1.69. The molecule has 0 aromatic heterocycles. The number of carbonyl (C=O) groups is 1. The second-order valence-corrected chi connectivity index (χ2v) is 4.99. The minimum Gasteiger partial charge on any atom is -0.397 e. The topological polar surface area (TPSA) is 73.6 Å². The Bertz CT molecular complexity index is 436. The zero-order valence-electron chi connectivity index (χ0n) is 10.0. The summed E-state index contributed by atoms with van der Waals surface area (Å²) in [6, 6.07) is 3.70. The van der Waals surface area contributed by atoms with Gasteiger partial charge < -0.3 is 20.5 Å². The fourth-order valence-electron chi connectivity index (χ4n) is 1.74. The van der Waals surface area contributed by atoms with E-state index in [1.54, 1.807) is 6.07 Å². The number of halogens is 1. The van der Waals surface area contributed by atoms with Crippen molar-refractivity contribution < 1.29 is 14.3 Å². The molecule has 1 aliphatic rings. The third-order valence-electron chi connectivity index (χ3n) is 2.62. The molecular formula is C12H15BrN2O3. The Hall–Kier alpha value is -1.11. The average Bonchev–Trinajstić information content (AvgIpc) is 2.34. The fraction of sp³-hybridized carbons (Fsp3) is 0.417. The van der Waals surface area contributed by atoms with Gasteiger partial charge in [0.2, 0.25) is 0 Å². The number of carbonyl (C=O) groups excluding carboxylic acids is 1. The van der Waals surface area contributed by atoms with Crippen molar-refractivity contribution in [1.29, 1.82) is 0 Å². The van der Waals surface area contributed by atoms with Gasteiger partial charge in [0, 0.05) is 4.47 Å². The molecule has 1 unspecified atom stereocenters. The highest BCUT2D eigenvalue weighted by atomic mass is 79.9. The summed E-state index contributed by atoms with van der Waals surface area (Å²) in [5.74, 6) is -0.244. The van der Waals surface area contributed by atoms with E-state index in [0.717, 1.165) is 10.0 Å². The molecule has 5 nitrogen and oxygen atoms in total. The number of nitrogens with two attached hydrogens (primary N) is 1. The molecule has 0 radical (unpaired) electrons. The molecule has 1 aromatic carbocycles. The van der Waals surface area contributed by atoms with Crippen LogP contribution < -0.4 is 11.1 Å². The van der Waals surface area contributed by atoms with Gasteiger partial charge in [-0.05, 0) is 40.5 Å². The number of aryl methyl sites for hydroxylation is 1. The molecule has 1 aromatic rings. The van der Waals surface area contributed by atoms with Gasteiger partial charge in [0.05, 0.1) is 31.2 Å². The highest BCUT2D eigenvalue weighted by molar-refractivity contribution is 9.10. The molecule has 1 heterocycles. The molecule has 98 valence electrons. The summed E-state index contributed by atoms with van der Waals surface area (Å²) in [6.45, 7) is 3.17. The Kier molecular flexibility index (Phi) is 4.21. The van der Waals surface area contributed by atoms with Crippen LogP contribution in [0, 0.1) is 6.92 Å². The van der Waals surface area contributed by atoms with Crippen LogP contribution in [0.15, 0.2) is 16.6 Å². The van der Waals surface area contributed by atoms with Gasteiger partial charge in [-0.3, -0.25) is 4.79 Å². The quantitative estimate of drug-likeness (QED) is 0.815. The maximum Gasteiger partial charge on any atom is 0.256 e. The maximum absolute atomic E-state index is 12.0. The first kappa shape index (κ1) is 13.3. The van der Waals surface area contributed by atoms with Crippen molar-refractivity contribution in [1.82, 2.24) is 0 Å². The molecule has 1 aliphatic heterocycles. The standard InChI is InChI=1S/C12H15BrN2O3/c1-7-4-8(13)11(9(14)5-7)15-12(16)10-6-17-2-3-18-10/h4-5,10H,2-3,6,14H2,1H3,(H,15,16). The molecule has 1 fully saturated rings. The van der Waals surface area contributed by atoms with E-state index in [0.29, 0.717) is 24.6 Å². The number of benzene rings is 1. The minimum atomic E-state index is -0.577. The van der Waals surface area contributed by atoms with Crippen LogP contribution in [-0.4, -0.2) is 31.8 Å². The summed E-state index contributed by atoms with van der Waals surface area (Å²) >= 11 is 3.38. The van der Waals surface area contributed by atoms with Gasteiger partial charge in [-0.15, -0.1) is 0 Å². The summed E-state index contributed by atoms with van der Waals surface area (Å²) in [7, 11) is 0. The monoisotopic (exact) mass is 314 g/mol. The molecule has 1 atom stereocenters. The number of nitrogen functional groups attached to an aromatic ring is 1. The first-order valence-corrected chi connectivity index (χ1v) is 6.43. The third kappa shape index (κ3) is 3.01. The van der Waals surface area contributed by atoms with Crippen LogP contribution in [0.4, 0.5) is 11.4 Å². The minimum absolute atomic E-state index is 0.244. The molecule has 3 N–H and O–H groups in total. The Morgan fingerprint density at radius 3 is 2.89 bits per heavy atom. The molecule has 2 rings (SSSR count). The van der Waals surface area contributed by atoms with E-state index in [1.165, 1.54) is 0 Å². The van der Waals surface area contributed by atoms with Gasteiger partial charge >= 0.3 is 0 Å². The van der Waals surface area contributed by atoms with Crippen molar-refractivity contribution in [3.05, 3.63) is 22.2 Å². The van der Waals surface area contributed by atoms with Crippen LogP contribution in [0.3, 0.4) is 0 Å². The number of rotatable bonds is 2. The summed E-state index contributed by atoms with van der Waals surface area (Å²) in [6.07, 6.45) is -0.577. The van der Waals surface area contributed by atoms with E-state index in [-0.39, 0.29) is 12.5 Å². The highest BCUT2D eigenvalue weighted by Crippen LogP contribution is 2.30. The third-order valence-corrected chi connectivity index (χ3v) is 3.25. The van der Waals surface area contributed by atoms with Gasteiger partial charge in [0.15, 0.2) is 6.10 Å². The number of ether oxygens (including phenoxy) is 2. The van der Waals surface area contributed by atoms with Crippen LogP contribution in [-0.2, 0) is 14.3 Å². The molecule has 0 aliphatic carbocycles. The number of hydrogen-bond donors (Lipinski definition) is 2. The SMILES string of the molecule is Cc1cc(N)c(NC(=O)C2COCCO2)c(Br)c1. The van der Waals surface area contributed by atoms with Crippen LogP contribution >= 0.6 is 15.9 Å². The number of anilines is 2. The second-order valence-electron chi connectivity index (χ2n) is 4.13. The van der Waals surface area contributed by atoms with E-state index in [2.05, 4.69) is 21.2 Å². The highest BCUT2D eigenvalue weighted by Gasteiger charge is 2.23. The van der Waals surface area contributed by atoms with E-state index in [4.69, 9.17) is 15.2 Å². The largest absolute Gasteiger partial charge is 0.397 e. The first-order chi connectivity index (χ1) is 8.58. The van der Waals surface area contributed by atoms with E-state index < -0.39 is 6.10 Å². The smallest absolute Gasteiger partial charge is 0.256 e. The van der Waals surface area contributed by atoms with Crippen molar-refractivity contribution in [3.63, 3.8) is 0 Å². The fourth-order valence-corrected chi connectivity index (χ4v) is 2.43. The Balaban J connectivity index is 2.11. The summed E-state index contributed by atoms with van der Waals surface area (Å²) < 4.78 is 11.3. The maximum atomic E-state index is 12.0. The van der Waals surface area contributed by atoms with Gasteiger partial charge in [-0.2, -0.15) is 0 Å². The van der Waals surface area contributed by atoms with Crippen molar-refractivity contribution in [2.24, 2.45) is 0 Å². The molecular weight excluding hydrogens is 300 g/mol. The van der Waals surface area contributed by atoms with Gasteiger partial charge in [0.1, 0.15) is 0 Å². The Morgan fingerprint density at radius 1 is 1.50 bits per heavy atom. The molecule has 18 heavy (non-hydrogen) atoms. The first-order valence-electron chi connectivity index (χ1n) is 5.64. The zero-order valence-corrected chi connectivity index (χ0v) is 11.6. The lowest BCUT2D eigenvalue weighted by molar-refractivity contribution is -0.142. The van der Waals surface area contributed by atoms with Crippen molar-refractivity contribution >= 4 is 33.2 Å². The van der Waals surface area contributed by atoms with Crippen molar-refractivity contribution in [2.45, 2.75) is 13.0 Å². The molecule has 1 saturated heterocycles. The molecule has 6 heteroatoms. The number of hydrogen-bond acceptors (Lipinski definition) is 4. The second kappa shape index (κ2) is 5.69. The normalized spacial score (nSPS) is 19.6. The lowest BCUT2D eigenvalue weighted by Crippen LogP contribution is -2.39. The molecule has 0 spiro atoms. The zero-order chi connectivity index (χ0) is 13.1. The van der Waals surface area contributed by atoms with Crippen molar-refractivity contribution in [3.8, 4) is 0 Å². The van der Waals surface area contributed by atoms with Gasteiger partial charge in [-0.1, -0.05) is 0 Å². The van der Waals surface area contributed by atoms with Crippen LogP contribution in [0.5, 0.6) is 0 Å². The van der Waals surface area contributed by atoms with Crippen LogP contribution in [0.1, 0.15) is 5.56 Å². The van der Waals surface area contributed by atoms with E-state index in [1.807, 2.05) is 13.0 Å². The van der Waals surface area contributed by atoms with E-state index >= 15 is 0 Å². The van der Waals surface area contributed by atoms with Gasteiger partial charge in [0.25, 0.3) is 5.91 Å². The van der Waals surface area contributed by atoms with Crippen molar-refractivity contribution in [2.75, 3.05) is 30.9 Å².